The Hall–Kier alpha value is -2.55. The highest BCUT2D eigenvalue weighted by atomic mass is 19.4. The third-order valence-electron chi connectivity index (χ3n) is 3.56. The number of hydrogen-bond donors (Lipinski definition) is 1. The van der Waals surface area contributed by atoms with E-state index in [2.05, 4.69) is 15.3 Å². The van der Waals surface area contributed by atoms with Gasteiger partial charge in [0.1, 0.15) is 6.04 Å². The second-order valence-electron chi connectivity index (χ2n) is 5.14. The van der Waals surface area contributed by atoms with E-state index in [9.17, 15) is 18.0 Å². The Morgan fingerprint density at radius 1 is 1.30 bits per heavy atom. The van der Waals surface area contributed by atoms with Crippen LogP contribution in [0.5, 0.6) is 0 Å². The maximum atomic E-state index is 13.1. The summed E-state index contributed by atoms with van der Waals surface area (Å²) in [5.41, 5.74) is 5.63. The van der Waals surface area contributed by atoms with Crippen LogP contribution in [-0.4, -0.2) is 22.2 Å². The molecule has 1 aliphatic rings. The molecular formula is C14H12F3N5O. The maximum absolute atomic E-state index is 13.1. The Bertz CT molecular complexity index is 809. The van der Waals surface area contributed by atoms with Gasteiger partial charge >= 0.3 is 6.18 Å². The fraction of sp³-hybridized carbons (Fsp3) is 0.286. The summed E-state index contributed by atoms with van der Waals surface area (Å²) in [5, 5.41) is 10.8. The smallest absolute Gasteiger partial charge is 0.328 e. The molecule has 6 nitrogen and oxygen atoms in total. The number of benzene rings is 1. The number of nitrogens with zero attached hydrogens (tertiary/aromatic N) is 4. The van der Waals surface area contributed by atoms with Crippen molar-refractivity contribution in [1.82, 2.24) is 9.78 Å². The molecule has 0 fully saturated rings. The number of carbonyl (C=O) groups is 1. The molecule has 0 aliphatic carbocycles. The molecule has 0 saturated carbocycles. The first-order chi connectivity index (χ1) is 10.8. The van der Waals surface area contributed by atoms with Crippen LogP contribution in [0.1, 0.15) is 27.7 Å². The lowest BCUT2D eigenvalue weighted by Gasteiger charge is -2.17. The molecule has 2 N–H and O–H groups in total. The first-order valence-corrected chi connectivity index (χ1v) is 6.71. The summed E-state index contributed by atoms with van der Waals surface area (Å²) < 4.78 is 40.4. The van der Waals surface area contributed by atoms with Crippen molar-refractivity contribution in [2.24, 2.45) is 23.0 Å². The van der Waals surface area contributed by atoms with Crippen molar-refractivity contribution in [3.8, 4) is 11.1 Å². The molecule has 2 aromatic rings. The molecule has 0 saturated heterocycles. The van der Waals surface area contributed by atoms with Gasteiger partial charge in [-0.05, 0) is 23.3 Å². The van der Waals surface area contributed by atoms with Crippen molar-refractivity contribution >= 4 is 5.91 Å². The van der Waals surface area contributed by atoms with E-state index in [4.69, 9.17) is 5.73 Å². The van der Waals surface area contributed by atoms with Crippen LogP contribution < -0.4 is 5.73 Å². The summed E-state index contributed by atoms with van der Waals surface area (Å²) in [4.78, 5) is 11.7. The molecule has 9 heteroatoms. The first-order valence-electron chi connectivity index (χ1n) is 6.71. The number of amides is 1. The Balaban J connectivity index is 2.16. The molecule has 0 bridgehead atoms. The quantitative estimate of drug-likeness (QED) is 0.922. The van der Waals surface area contributed by atoms with Gasteiger partial charge < -0.3 is 5.73 Å². The van der Waals surface area contributed by atoms with Gasteiger partial charge in [-0.15, -0.1) is 5.11 Å². The van der Waals surface area contributed by atoms with Crippen molar-refractivity contribution in [3.63, 3.8) is 0 Å². The number of halogens is 3. The lowest BCUT2D eigenvalue weighted by Crippen LogP contribution is -2.17. The number of rotatable bonds is 2. The zero-order valence-electron chi connectivity index (χ0n) is 12.0. The molecule has 23 heavy (non-hydrogen) atoms. The van der Waals surface area contributed by atoms with Gasteiger partial charge in [-0.2, -0.15) is 23.4 Å². The Morgan fingerprint density at radius 3 is 2.70 bits per heavy atom. The van der Waals surface area contributed by atoms with E-state index in [1.54, 1.807) is 0 Å². The van der Waals surface area contributed by atoms with E-state index in [0.717, 1.165) is 4.68 Å². The molecule has 1 atom stereocenters. The number of hydrogen-bond acceptors (Lipinski definition) is 4. The van der Waals surface area contributed by atoms with Crippen molar-refractivity contribution < 1.29 is 18.0 Å². The molecule has 1 aliphatic heterocycles. The van der Waals surface area contributed by atoms with Gasteiger partial charge in [0.15, 0.2) is 5.69 Å². The van der Waals surface area contributed by atoms with Gasteiger partial charge in [0.25, 0.3) is 5.91 Å². The van der Waals surface area contributed by atoms with Crippen LogP contribution >= 0.6 is 0 Å². The number of azo groups is 1. The minimum absolute atomic E-state index is 0.0615. The average Bonchev–Trinajstić information content (AvgIpc) is 2.90. The molecule has 0 radical (unpaired) electrons. The van der Waals surface area contributed by atoms with Crippen LogP contribution in [0.25, 0.3) is 11.1 Å². The number of aryl methyl sites for hydroxylation is 1. The van der Waals surface area contributed by atoms with E-state index in [-0.39, 0.29) is 12.1 Å². The topological polar surface area (TPSA) is 85.6 Å². The number of fused-ring (bicyclic) bond motifs is 1. The van der Waals surface area contributed by atoms with Gasteiger partial charge in [0.05, 0.1) is 0 Å². The zero-order chi connectivity index (χ0) is 16.8. The number of alkyl halides is 3. The molecular weight excluding hydrogens is 311 g/mol. The summed E-state index contributed by atoms with van der Waals surface area (Å²) >= 11 is 0. The predicted molar refractivity (Wildman–Crippen MR) is 74.6 cm³/mol. The van der Waals surface area contributed by atoms with Crippen molar-refractivity contribution in [2.45, 2.75) is 12.2 Å². The first kappa shape index (κ1) is 15.3. The van der Waals surface area contributed by atoms with Crippen LogP contribution in [0, 0.1) is 0 Å². The molecule has 1 unspecified atom stereocenters. The summed E-state index contributed by atoms with van der Waals surface area (Å²) in [6.45, 7) is 0.104. The third-order valence-corrected chi connectivity index (χ3v) is 3.56. The van der Waals surface area contributed by atoms with E-state index < -0.39 is 23.8 Å². The van der Waals surface area contributed by atoms with Gasteiger partial charge in [-0.3, -0.25) is 9.48 Å². The molecule has 1 aromatic carbocycles. The lowest BCUT2D eigenvalue weighted by atomic mass is 9.94. The Labute approximate surface area is 128 Å². The monoisotopic (exact) mass is 323 g/mol. The van der Waals surface area contributed by atoms with Crippen LogP contribution in [0.3, 0.4) is 0 Å². The number of carbonyl (C=O) groups excluding carboxylic acids is 1. The molecule has 1 aromatic heterocycles. The minimum atomic E-state index is -4.57. The minimum Gasteiger partial charge on any atom is -0.328 e. The van der Waals surface area contributed by atoms with Crippen LogP contribution in [0.4, 0.5) is 13.2 Å². The van der Waals surface area contributed by atoms with Gasteiger partial charge in [0, 0.05) is 30.9 Å². The highest BCUT2D eigenvalue weighted by molar-refractivity contribution is 5.97. The second-order valence-corrected chi connectivity index (χ2v) is 5.14. The number of aromatic nitrogens is 2. The van der Waals surface area contributed by atoms with Crippen molar-refractivity contribution in [1.29, 1.82) is 0 Å². The third kappa shape index (κ3) is 2.63. The van der Waals surface area contributed by atoms with Crippen molar-refractivity contribution in [2.75, 3.05) is 6.54 Å². The normalized spacial score (nSPS) is 17.4. The van der Waals surface area contributed by atoms with E-state index in [1.807, 2.05) is 0 Å². The van der Waals surface area contributed by atoms with Gasteiger partial charge in [-0.25, -0.2) is 0 Å². The highest BCUT2D eigenvalue weighted by Crippen LogP contribution is 2.38. The zero-order valence-corrected chi connectivity index (χ0v) is 12.0. The molecule has 3 rings (SSSR count). The Kier molecular flexibility index (Phi) is 3.52. The largest absolute Gasteiger partial charge is 0.435 e. The summed E-state index contributed by atoms with van der Waals surface area (Å²) in [6, 6.07) is 3.83. The average molecular weight is 323 g/mol. The van der Waals surface area contributed by atoms with E-state index in [0.29, 0.717) is 16.7 Å². The van der Waals surface area contributed by atoms with Crippen LogP contribution in [0.15, 0.2) is 34.6 Å². The molecule has 2 heterocycles. The molecule has 1 amide bonds. The van der Waals surface area contributed by atoms with Crippen LogP contribution in [0.2, 0.25) is 0 Å². The number of nitrogens with two attached hydrogens (primary N) is 1. The Morgan fingerprint density at radius 2 is 2.04 bits per heavy atom. The van der Waals surface area contributed by atoms with Crippen LogP contribution in [-0.2, 0) is 13.2 Å². The summed E-state index contributed by atoms with van der Waals surface area (Å²) in [7, 11) is 1.41. The summed E-state index contributed by atoms with van der Waals surface area (Å²) in [5.74, 6) is -0.529. The van der Waals surface area contributed by atoms with Gasteiger partial charge in [-0.1, -0.05) is 6.07 Å². The van der Waals surface area contributed by atoms with E-state index in [1.165, 1.54) is 31.4 Å². The fourth-order valence-electron chi connectivity index (χ4n) is 2.52. The van der Waals surface area contributed by atoms with Crippen molar-refractivity contribution in [3.05, 3.63) is 41.2 Å². The van der Waals surface area contributed by atoms with Gasteiger partial charge in [0.2, 0.25) is 0 Å². The standard InChI is InChI=1S/C14H12F3N5O/c1-22-6-10(12(21-22)14(15,16)17)7-2-3-8-9(4-7)11(5-18)19-20-13(8)23/h2-4,6,11H,5,18H2,1H3. The maximum Gasteiger partial charge on any atom is 0.435 e. The highest BCUT2D eigenvalue weighted by Gasteiger charge is 2.37. The molecule has 120 valence electrons. The summed E-state index contributed by atoms with van der Waals surface area (Å²) in [6.07, 6.45) is -3.29. The predicted octanol–water partition coefficient (Wildman–Crippen LogP) is 2.71. The SMILES string of the molecule is Cn1cc(-c2ccc3c(c2)C(CN)N=NC3=O)c(C(F)(F)F)n1. The lowest BCUT2D eigenvalue weighted by molar-refractivity contribution is -0.140. The second kappa shape index (κ2) is 5.27. The molecule has 0 spiro atoms. The van der Waals surface area contributed by atoms with E-state index >= 15 is 0 Å². The fourth-order valence-corrected chi connectivity index (χ4v) is 2.52.